The summed E-state index contributed by atoms with van der Waals surface area (Å²) < 4.78 is 0. The highest BCUT2D eigenvalue weighted by molar-refractivity contribution is 5.13. The molecule has 0 aromatic rings. The standard InChI is InChI=1S/C8H15N/c1-5-4-6-7(5)8(6)9(2)3/h5-8H,4H2,1-3H3/t5?,6-,7?,8?/m1/s1. The molecule has 0 N–H and O–H groups in total. The Kier molecular flexibility index (Phi) is 0.963. The zero-order chi connectivity index (χ0) is 6.59. The first-order valence-electron chi connectivity index (χ1n) is 3.88. The molecule has 9 heavy (non-hydrogen) atoms. The zero-order valence-corrected chi connectivity index (χ0v) is 6.46. The van der Waals surface area contributed by atoms with E-state index in [4.69, 9.17) is 0 Å². The summed E-state index contributed by atoms with van der Waals surface area (Å²) in [6, 6.07) is 0.958. The number of hydrogen-bond acceptors (Lipinski definition) is 1. The lowest BCUT2D eigenvalue weighted by Crippen LogP contribution is -2.16. The summed E-state index contributed by atoms with van der Waals surface area (Å²) in [7, 11) is 4.41. The van der Waals surface area contributed by atoms with Crippen LogP contribution in [0.4, 0.5) is 0 Å². The van der Waals surface area contributed by atoms with Crippen molar-refractivity contribution in [2.24, 2.45) is 17.8 Å². The third kappa shape index (κ3) is 0.586. The van der Waals surface area contributed by atoms with Crippen LogP contribution >= 0.6 is 0 Å². The Morgan fingerprint density at radius 2 is 2.00 bits per heavy atom. The molecule has 0 bridgehead atoms. The van der Waals surface area contributed by atoms with Crippen molar-refractivity contribution in [1.82, 2.24) is 4.90 Å². The van der Waals surface area contributed by atoms with Gasteiger partial charge in [0.2, 0.25) is 0 Å². The Bertz CT molecular complexity index is 131. The molecular formula is C8H15N. The van der Waals surface area contributed by atoms with Crippen LogP contribution in [0.3, 0.4) is 0 Å². The Hall–Kier alpha value is -0.0400. The summed E-state index contributed by atoms with van der Waals surface area (Å²) >= 11 is 0. The van der Waals surface area contributed by atoms with E-state index in [1.165, 1.54) is 6.42 Å². The summed E-state index contributed by atoms with van der Waals surface area (Å²) in [5.74, 6) is 3.21. The lowest BCUT2D eigenvalue weighted by Gasteiger charge is -2.17. The molecule has 0 aliphatic heterocycles. The summed E-state index contributed by atoms with van der Waals surface area (Å²) in [5, 5.41) is 0. The van der Waals surface area contributed by atoms with E-state index >= 15 is 0 Å². The van der Waals surface area contributed by atoms with E-state index in [2.05, 4.69) is 25.9 Å². The van der Waals surface area contributed by atoms with Gasteiger partial charge in [0, 0.05) is 6.04 Å². The molecule has 0 amide bonds. The predicted molar refractivity (Wildman–Crippen MR) is 38.2 cm³/mol. The van der Waals surface area contributed by atoms with E-state index in [1.54, 1.807) is 0 Å². The zero-order valence-electron chi connectivity index (χ0n) is 6.46. The van der Waals surface area contributed by atoms with Crippen LogP contribution in [0.1, 0.15) is 13.3 Å². The number of hydrogen-bond donors (Lipinski definition) is 0. The average molecular weight is 125 g/mol. The molecule has 1 heteroatoms. The van der Waals surface area contributed by atoms with Crippen LogP contribution in [-0.2, 0) is 0 Å². The van der Waals surface area contributed by atoms with Crippen molar-refractivity contribution in [2.75, 3.05) is 14.1 Å². The summed E-state index contributed by atoms with van der Waals surface area (Å²) in [5.41, 5.74) is 0. The molecule has 0 aromatic carbocycles. The normalized spacial score (nSPS) is 54.7. The van der Waals surface area contributed by atoms with Gasteiger partial charge in [0.05, 0.1) is 0 Å². The van der Waals surface area contributed by atoms with E-state index < -0.39 is 0 Å². The van der Waals surface area contributed by atoms with Crippen molar-refractivity contribution in [2.45, 2.75) is 19.4 Å². The van der Waals surface area contributed by atoms with Crippen molar-refractivity contribution in [3.05, 3.63) is 0 Å². The molecule has 0 heterocycles. The van der Waals surface area contributed by atoms with Crippen LogP contribution in [0.2, 0.25) is 0 Å². The topological polar surface area (TPSA) is 3.24 Å². The molecule has 2 saturated carbocycles. The number of nitrogens with zero attached hydrogens (tertiary/aromatic N) is 1. The first-order valence-corrected chi connectivity index (χ1v) is 3.88. The van der Waals surface area contributed by atoms with Gasteiger partial charge in [-0.15, -0.1) is 0 Å². The smallest absolute Gasteiger partial charge is 0.0155 e. The highest BCUT2D eigenvalue weighted by Gasteiger charge is 2.61. The quantitative estimate of drug-likeness (QED) is 0.509. The minimum atomic E-state index is 0.958. The lowest BCUT2D eigenvalue weighted by atomic mass is 9.88. The van der Waals surface area contributed by atoms with Gasteiger partial charge in [-0.05, 0) is 38.3 Å². The monoisotopic (exact) mass is 125 g/mol. The Labute approximate surface area is 57.0 Å². The van der Waals surface area contributed by atoms with Crippen LogP contribution in [0, 0.1) is 17.8 Å². The van der Waals surface area contributed by atoms with Gasteiger partial charge in [0.25, 0.3) is 0 Å². The highest BCUT2D eigenvalue weighted by atomic mass is 15.2. The lowest BCUT2D eigenvalue weighted by molar-refractivity contribution is 0.314. The van der Waals surface area contributed by atoms with Crippen LogP contribution in [0.25, 0.3) is 0 Å². The molecule has 3 unspecified atom stereocenters. The molecule has 2 fully saturated rings. The van der Waals surface area contributed by atoms with Crippen LogP contribution in [0.15, 0.2) is 0 Å². The minimum Gasteiger partial charge on any atom is -0.306 e. The second-order valence-electron chi connectivity index (χ2n) is 3.91. The molecule has 4 atom stereocenters. The molecule has 0 saturated heterocycles. The van der Waals surface area contributed by atoms with Gasteiger partial charge in [0.15, 0.2) is 0 Å². The van der Waals surface area contributed by atoms with Gasteiger partial charge < -0.3 is 4.90 Å². The van der Waals surface area contributed by atoms with Gasteiger partial charge in [-0.1, -0.05) is 6.92 Å². The van der Waals surface area contributed by atoms with Crippen LogP contribution in [-0.4, -0.2) is 25.0 Å². The van der Waals surface area contributed by atoms with E-state index in [0.717, 1.165) is 23.8 Å². The van der Waals surface area contributed by atoms with Crippen molar-refractivity contribution < 1.29 is 0 Å². The van der Waals surface area contributed by atoms with Gasteiger partial charge >= 0.3 is 0 Å². The van der Waals surface area contributed by atoms with E-state index in [-0.39, 0.29) is 0 Å². The largest absolute Gasteiger partial charge is 0.306 e. The van der Waals surface area contributed by atoms with Crippen LogP contribution in [0.5, 0.6) is 0 Å². The maximum Gasteiger partial charge on any atom is 0.0155 e. The van der Waals surface area contributed by atoms with Gasteiger partial charge in [-0.2, -0.15) is 0 Å². The molecule has 0 aromatic heterocycles. The maximum atomic E-state index is 2.39. The molecule has 0 spiro atoms. The first kappa shape index (κ1) is 5.72. The van der Waals surface area contributed by atoms with Gasteiger partial charge in [-0.25, -0.2) is 0 Å². The Morgan fingerprint density at radius 3 is 2.11 bits per heavy atom. The Balaban J connectivity index is 1.95. The maximum absolute atomic E-state index is 2.39. The fourth-order valence-corrected chi connectivity index (χ4v) is 2.55. The molecular weight excluding hydrogens is 110 g/mol. The molecule has 2 aliphatic carbocycles. The minimum absolute atomic E-state index is 0.958. The summed E-state index contributed by atoms with van der Waals surface area (Å²) in [6.45, 7) is 2.38. The SMILES string of the molecule is CC1C[C@@H]2C1C2N(C)C. The Morgan fingerprint density at radius 1 is 1.33 bits per heavy atom. The van der Waals surface area contributed by atoms with Crippen molar-refractivity contribution in [3.8, 4) is 0 Å². The van der Waals surface area contributed by atoms with E-state index in [0.29, 0.717) is 0 Å². The number of fused-ring (bicyclic) bond motifs is 1. The molecule has 2 rings (SSSR count). The van der Waals surface area contributed by atoms with E-state index in [9.17, 15) is 0 Å². The van der Waals surface area contributed by atoms with Crippen molar-refractivity contribution >= 4 is 0 Å². The second-order valence-corrected chi connectivity index (χ2v) is 3.91. The number of rotatable bonds is 1. The fourth-order valence-electron chi connectivity index (χ4n) is 2.55. The second kappa shape index (κ2) is 1.51. The van der Waals surface area contributed by atoms with Crippen molar-refractivity contribution in [3.63, 3.8) is 0 Å². The van der Waals surface area contributed by atoms with Crippen molar-refractivity contribution in [1.29, 1.82) is 0 Å². The average Bonchev–Trinajstić information content (AvgIpc) is 2.35. The third-order valence-corrected chi connectivity index (χ3v) is 3.08. The van der Waals surface area contributed by atoms with Gasteiger partial charge in [-0.3, -0.25) is 0 Å². The molecule has 1 nitrogen and oxygen atoms in total. The molecule has 2 aliphatic rings. The van der Waals surface area contributed by atoms with Gasteiger partial charge in [0.1, 0.15) is 0 Å². The summed E-state index contributed by atoms with van der Waals surface area (Å²) in [6.07, 6.45) is 1.49. The van der Waals surface area contributed by atoms with Crippen LogP contribution < -0.4 is 0 Å². The first-order chi connectivity index (χ1) is 4.22. The summed E-state index contributed by atoms with van der Waals surface area (Å²) in [4.78, 5) is 2.39. The van der Waals surface area contributed by atoms with E-state index in [1.807, 2.05) is 0 Å². The predicted octanol–water partition coefficient (Wildman–Crippen LogP) is 1.20. The fraction of sp³-hybridized carbons (Fsp3) is 1.00. The molecule has 52 valence electrons. The highest BCUT2D eigenvalue weighted by Crippen LogP contribution is 2.61. The molecule has 0 radical (unpaired) electrons. The third-order valence-electron chi connectivity index (χ3n) is 3.08.